The number of carbonyl (C=O) groups is 1. The van der Waals surface area contributed by atoms with E-state index in [2.05, 4.69) is 11.0 Å². The van der Waals surface area contributed by atoms with E-state index in [0.717, 1.165) is 49.7 Å². The fourth-order valence-electron chi connectivity index (χ4n) is 4.66. The lowest BCUT2D eigenvalue weighted by molar-refractivity contribution is -0.149. The van der Waals surface area contributed by atoms with E-state index in [1.54, 1.807) is 32.0 Å². The second-order valence-electron chi connectivity index (χ2n) is 9.88. The molecular formula is C29H34F3NO5. The van der Waals surface area contributed by atoms with Crippen molar-refractivity contribution in [2.45, 2.75) is 52.5 Å². The fourth-order valence-corrected chi connectivity index (χ4v) is 4.66. The number of hydrogen-bond donors (Lipinski definition) is 0. The van der Waals surface area contributed by atoms with E-state index < -0.39 is 11.7 Å². The predicted octanol–water partition coefficient (Wildman–Crippen LogP) is 6.12. The van der Waals surface area contributed by atoms with Crippen molar-refractivity contribution in [3.63, 3.8) is 0 Å². The molecular weight excluding hydrogens is 499 g/mol. The molecule has 0 saturated carbocycles. The molecule has 4 rings (SSSR count). The molecule has 38 heavy (non-hydrogen) atoms. The van der Waals surface area contributed by atoms with Gasteiger partial charge in [-0.2, -0.15) is 13.2 Å². The van der Waals surface area contributed by atoms with Crippen LogP contribution < -0.4 is 14.2 Å². The molecule has 0 bridgehead atoms. The van der Waals surface area contributed by atoms with Crippen LogP contribution in [0.25, 0.3) is 6.08 Å². The van der Waals surface area contributed by atoms with Gasteiger partial charge in [-0.15, -0.1) is 0 Å². The van der Waals surface area contributed by atoms with Gasteiger partial charge in [0.25, 0.3) is 0 Å². The predicted molar refractivity (Wildman–Crippen MR) is 137 cm³/mol. The molecule has 0 aliphatic carbocycles. The highest BCUT2D eigenvalue weighted by Gasteiger charge is 2.35. The van der Waals surface area contributed by atoms with E-state index in [1.807, 2.05) is 13.0 Å². The number of likely N-dealkylation sites (tertiary alicyclic amines) is 1. The van der Waals surface area contributed by atoms with Crippen LogP contribution in [0.3, 0.4) is 0 Å². The van der Waals surface area contributed by atoms with Gasteiger partial charge in [-0.25, -0.2) is 0 Å². The Bertz CT molecular complexity index is 1150. The molecule has 0 radical (unpaired) electrons. The van der Waals surface area contributed by atoms with Crippen LogP contribution in [0, 0.1) is 5.92 Å². The summed E-state index contributed by atoms with van der Waals surface area (Å²) in [6.07, 6.45) is -1.21. The molecule has 0 amide bonds. The summed E-state index contributed by atoms with van der Waals surface area (Å²) in [5, 5.41) is 0. The first kappa shape index (κ1) is 27.8. The number of nitrogens with zero attached hydrogens (tertiary/aromatic N) is 1. The van der Waals surface area contributed by atoms with E-state index in [-0.39, 0.29) is 30.3 Å². The number of halogens is 3. The lowest BCUT2D eigenvalue weighted by Gasteiger charge is -2.32. The topological polar surface area (TPSA) is 57.2 Å². The van der Waals surface area contributed by atoms with Crippen molar-refractivity contribution in [3.05, 3.63) is 58.7 Å². The van der Waals surface area contributed by atoms with Crippen LogP contribution in [-0.2, 0) is 22.3 Å². The van der Waals surface area contributed by atoms with Crippen LogP contribution >= 0.6 is 0 Å². The Morgan fingerprint density at radius 3 is 2.58 bits per heavy atom. The Hall–Kier alpha value is -3.20. The molecule has 0 aromatic heterocycles. The Labute approximate surface area is 221 Å². The second kappa shape index (κ2) is 12.1. The van der Waals surface area contributed by atoms with Crippen molar-refractivity contribution in [2.24, 2.45) is 5.92 Å². The van der Waals surface area contributed by atoms with Crippen molar-refractivity contribution < 1.29 is 36.9 Å². The summed E-state index contributed by atoms with van der Waals surface area (Å²) in [6, 6.07) is 9.41. The molecule has 2 aromatic carbocycles. The molecule has 0 N–H and O–H groups in total. The van der Waals surface area contributed by atoms with E-state index in [4.69, 9.17) is 18.9 Å². The smallest absolute Gasteiger partial charge is 0.419 e. The second-order valence-corrected chi connectivity index (χ2v) is 9.88. The maximum atomic E-state index is 13.5. The summed E-state index contributed by atoms with van der Waals surface area (Å²) in [4.78, 5) is 14.3. The molecule has 2 heterocycles. The minimum Gasteiger partial charge on any atom is -0.490 e. The molecule has 0 atom stereocenters. The van der Waals surface area contributed by atoms with Gasteiger partial charge >= 0.3 is 12.1 Å². The first-order chi connectivity index (χ1) is 18.1. The molecule has 9 heteroatoms. The van der Waals surface area contributed by atoms with E-state index >= 15 is 0 Å². The standard InChI is InChI=1S/C29H34F3NO5/c1-4-35-28(34)22-9-11-33(12-10-22)16-21-13-23-6-7-24(15-27(23)37-18-21)36-17-20-5-8-26(38-19(2)3)25(14-20)29(30,31)32/h5-8,13-15,19,22H,4,9-12,16-18H2,1-3H3. The highest BCUT2D eigenvalue weighted by molar-refractivity contribution is 5.72. The number of hydrogen-bond acceptors (Lipinski definition) is 6. The number of carbonyl (C=O) groups excluding carboxylic acids is 1. The Morgan fingerprint density at radius 1 is 1.13 bits per heavy atom. The first-order valence-corrected chi connectivity index (χ1v) is 13.0. The number of esters is 1. The summed E-state index contributed by atoms with van der Waals surface area (Å²) in [7, 11) is 0. The zero-order valence-corrected chi connectivity index (χ0v) is 22.0. The molecule has 1 saturated heterocycles. The number of benzene rings is 2. The van der Waals surface area contributed by atoms with Gasteiger partial charge in [-0.1, -0.05) is 6.07 Å². The Morgan fingerprint density at radius 2 is 1.89 bits per heavy atom. The molecule has 2 aliphatic rings. The van der Waals surface area contributed by atoms with Crippen molar-refractivity contribution in [2.75, 3.05) is 32.8 Å². The molecule has 1 fully saturated rings. The zero-order valence-electron chi connectivity index (χ0n) is 22.0. The molecule has 2 aliphatic heterocycles. The van der Waals surface area contributed by atoms with Crippen LogP contribution in [0.5, 0.6) is 17.2 Å². The van der Waals surface area contributed by atoms with Crippen molar-refractivity contribution in [1.82, 2.24) is 4.90 Å². The van der Waals surface area contributed by atoms with Gasteiger partial charge in [0.05, 0.1) is 24.2 Å². The van der Waals surface area contributed by atoms with Gasteiger partial charge in [0.15, 0.2) is 0 Å². The molecule has 206 valence electrons. The first-order valence-electron chi connectivity index (χ1n) is 13.0. The summed E-state index contributed by atoms with van der Waals surface area (Å²) in [6.45, 7) is 8.47. The number of fused-ring (bicyclic) bond motifs is 1. The maximum Gasteiger partial charge on any atom is 0.419 e. The van der Waals surface area contributed by atoms with E-state index in [9.17, 15) is 18.0 Å². The molecule has 0 unspecified atom stereocenters. The van der Waals surface area contributed by atoms with Gasteiger partial charge in [0.2, 0.25) is 0 Å². The van der Waals surface area contributed by atoms with Gasteiger partial charge in [0, 0.05) is 18.2 Å². The van der Waals surface area contributed by atoms with Crippen molar-refractivity contribution in [1.29, 1.82) is 0 Å². The van der Waals surface area contributed by atoms with Crippen molar-refractivity contribution >= 4 is 12.0 Å². The van der Waals surface area contributed by atoms with Gasteiger partial charge < -0.3 is 18.9 Å². The van der Waals surface area contributed by atoms with E-state index in [1.165, 1.54) is 6.07 Å². The minimum absolute atomic E-state index is 0.0201. The third-order valence-electron chi connectivity index (χ3n) is 6.51. The Kier molecular flexibility index (Phi) is 8.87. The monoisotopic (exact) mass is 533 g/mol. The van der Waals surface area contributed by atoms with Crippen LogP contribution in [0.2, 0.25) is 0 Å². The lowest BCUT2D eigenvalue weighted by atomic mass is 9.96. The summed E-state index contributed by atoms with van der Waals surface area (Å²) in [5.74, 6) is 0.872. The van der Waals surface area contributed by atoms with Gasteiger partial charge in [-0.05, 0) is 88.2 Å². The average molecular weight is 534 g/mol. The van der Waals surface area contributed by atoms with Gasteiger partial charge in [-0.3, -0.25) is 9.69 Å². The zero-order chi connectivity index (χ0) is 27.3. The summed E-state index contributed by atoms with van der Waals surface area (Å²) in [5.41, 5.74) is 1.64. The normalized spacial score (nSPS) is 16.4. The van der Waals surface area contributed by atoms with Crippen LogP contribution in [0.1, 0.15) is 50.3 Å². The van der Waals surface area contributed by atoms with Crippen LogP contribution in [0.15, 0.2) is 42.0 Å². The molecule has 0 spiro atoms. The molecule has 6 nitrogen and oxygen atoms in total. The maximum absolute atomic E-state index is 13.5. The quantitative estimate of drug-likeness (QED) is 0.362. The fraction of sp³-hybridized carbons (Fsp3) is 0.483. The third-order valence-corrected chi connectivity index (χ3v) is 6.51. The highest BCUT2D eigenvalue weighted by Crippen LogP contribution is 2.38. The molecule has 2 aromatic rings. The van der Waals surface area contributed by atoms with Crippen LogP contribution in [0.4, 0.5) is 13.2 Å². The Balaban J connectivity index is 1.34. The minimum atomic E-state index is -4.53. The SMILES string of the molecule is CCOC(=O)C1CCN(CC2=Cc3ccc(OCc4ccc(OC(C)C)c(C(F)(F)F)c4)cc3OC2)CC1. The average Bonchev–Trinajstić information content (AvgIpc) is 2.87. The number of ether oxygens (including phenoxy) is 4. The highest BCUT2D eigenvalue weighted by atomic mass is 19.4. The summed E-state index contributed by atoms with van der Waals surface area (Å²) >= 11 is 0. The van der Waals surface area contributed by atoms with Gasteiger partial charge in [0.1, 0.15) is 30.5 Å². The lowest BCUT2D eigenvalue weighted by Crippen LogP contribution is -2.38. The number of rotatable bonds is 9. The number of alkyl halides is 3. The summed E-state index contributed by atoms with van der Waals surface area (Å²) < 4.78 is 62.8. The number of piperidine rings is 1. The van der Waals surface area contributed by atoms with Crippen LogP contribution in [-0.4, -0.2) is 49.8 Å². The largest absolute Gasteiger partial charge is 0.490 e. The van der Waals surface area contributed by atoms with E-state index in [0.29, 0.717) is 30.3 Å². The third kappa shape index (κ3) is 7.22. The van der Waals surface area contributed by atoms with Crippen molar-refractivity contribution in [3.8, 4) is 17.2 Å².